The van der Waals surface area contributed by atoms with Crippen molar-refractivity contribution >= 4 is 33.2 Å². The molecule has 0 heterocycles. The number of sulfonamides is 1. The van der Waals surface area contributed by atoms with Crippen LogP contribution in [-0.2, 0) is 14.8 Å². The zero-order chi connectivity index (χ0) is 20.7. The van der Waals surface area contributed by atoms with E-state index in [1.165, 1.54) is 13.1 Å². The van der Waals surface area contributed by atoms with Crippen LogP contribution in [0.3, 0.4) is 0 Å². The molecule has 9 heteroatoms. The van der Waals surface area contributed by atoms with Crippen LogP contribution in [0, 0.1) is 6.92 Å². The molecule has 2 rings (SSSR count). The van der Waals surface area contributed by atoms with Crippen LogP contribution in [-0.4, -0.2) is 53.0 Å². The minimum absolute atomic E-state index is 0.135. The highest BCUT2D eigenvalue weighted by atomic mass is 35.5. The number of ether oxygens (including phenoxy) is 1. The zero-order valence-corrected chi connectivity index (χ0v) is 17.6. The van der Waals surface area contributed by atoms with Crippen LogP contribution in [0.4, 0.5) is 5.69 Å². The molecule has 0 unspecified atom stereocenters. The molecule has 0 atom stereocenters. The number of halogens is 1. The Hall–Kier alpha value is -2.13. The second-order valence-corrected chi connectivity index (χ2v) is 8.57. The molecule has 0 aliphatic rings. The first-order valence-electron chi connectivity index (χ1n) is 8.62. The Morgan fingerprint density at radius 1 is 1.21 bits per heavy atom. The van der Waals surface area contributed by atoms with E-state index >= 15 is 0 Å². The molecule has 0 saturated heterocycles. The Balaban J connectivity index is 1.87. The summed E-state index contributed by atoms with van der Waals surface area (Å²) in [5, 5.41) is 3.32. The molecule has 0 aliphatic carbocycles. The summed E-state index contributed by atoms with van der Waals surface area (Å²) in [6.07, 6.45) is 0. The van der Waals surface area contributed by atoms with Crippen LogP contribution >= 0.6 is 11.6 Å². The second-order valence-electron chi connectivity index (χ2n) is 6.28. The van der Waals surface area contributed by atoms with E-state index < -0.39 is 10.0 Å². The van der Waals surface area contributed by atoms with Crippen molar-refractivity contribution in [3.05, 3.63) is 53.1 Å². The fourth-order valence-corrected chi connectivity index (χ4v) is 3.65. The molecular weight excluding hydrogens is 402 g/mol. The normalized spacial score (nSPS) is 11.5. The molecule has 0 radical (unpaired) electrons. The summed E-state index contributed by atoms with van der Waals surface area (Å²) in [7, 11) is -0.443. The van der Waals surface area contributed by atoms with Gasteiger partial charge in [0.2, 0.25) is 15.9 Å². The monoisotopic (exact) mass is 425 g/mol. The highest BCUT2D eigenvalue weighted by Crippen LogP contribution is 2.20. The summed E-state index contributed by atoms with van der Waals surface area (Å²) < 4.78 is 32.0. The lowest BCUT2D eigenvalue weighted by Gasteiger charge is -2.17. The van der Waals surface area contributed by atoms with E-state index in [0.717, 1.165) is 0 Å². The largest absolute Gasteiger partial charge is 0.492 e. The number of anilines is 1. The Bertz CT molecular complexity index is 935. The van der Waals surface area contributed by atoms with Crippen molar-refractivity contribution in [2.24, 2.45) is 0 Å². The lowest BCUT2D eigenvalue weighted by molar-refractivity contribution is -0.117. The van der Waals surface area contributed by atoms with Crippen molar-refractivity contribution in [2.45, 2.75) is 11.8 Å². The number of amides is 1. The van der Waals surface area contributed by atoms with E-state index in [1.54, 1.807) is 49.2 Å². The van der Waals surface area contributed by atoms with E-state index in [9.17, 15) is 13.2 Å². The first-order chi connectivity index (χ1) is 13.2. The molecule has 0 aliphatic heterocycles. The summed E-state index contributed by atoms with van der Waals surface area (Å²) in [5.41, 5.74) is 1.02. The Kier molecular flexibility index (Phi) is 7.82. The maximum atomic E-state index is 12.2. The quantitative estimate of drug-likeness (QED) is 0.644. The van der Waals surface area contributed by atoms with E-state index in [0.29, 0.717) is 35.2 Å². The van der Waals surface area contributed by atoms with Crippen LogP contribution in [0.2, 0.25) is 5.02 Å². The molecule has 1 amide bonds. The van der Waals surface area contributed by atoms with Gasteiger partial charge in [-0.15, -0.1) is 0 Å². The van der Waals surface area contributed by atoms with Gasteiger partial charge < -0.3 is 10.1 Å². The molecule has 0 bridgehead atoms. The fraction of sp³-hybridized carbons (Fsp3) is 0.316. The standard InChI is InChI=1S/C19H24ClN3O4S/c1-14-7-8-16(12-18(14)28(25,26)21-2)22-19(24)13-23(3)9-10-27-17-6-4-5-15(20)11-17/h4-8,11-12,21H,9-10,13H2,1-3H3,(H,22,24). The summed E-state index contributed by atoms with van der Waals surface area (Å²) in [4.78, 5) is 14.2. The third kappa shape index (κ3) is 6.49. The maximum absolute atomic E-state index is 12.2. The summed E-state index contributed by atoms with van der Waals surface area (Å²) in [5.74, 6) is 0.421. The molecule has 7 nitrogen and oxygen atoms in total. The van der Waals surface area contributed by atoms with Crippen LogP contribution in [0.25, 0.3) is 0 Å². The number of carbonyl (C=O) groups is 1. The summed E-state index contributed by atoms with van der Waals surface area (Å²) >= 11 is 5.91. The predicted molar refractivity (Wildman–Crippen MR) is 110 cm³/mol. The van der Waals surface area contributed by atoms with Crippen molar-refractivity contribution < 1.29 is 17.9 Å². The molecule has 2 N–H and O–H groups in total. The van der Waals surface area contributed by atoms with Gasteiger partial charge in [-0.2, -0.15) is 0 Å². The molecule has 0 saturated carbocycles. The number of benzene rings is 2. The second kappa shape index (κ2) is 9.88. The zero-order valence-electron chi connectivity index (χ0n) is 16.0. The Morgan fingerprint density at radius 3 is 2.64 bits per heavy atom. The van der Waals surface area contributed by atoms with Crippen molar-refractivity contribution in [3.8, 4) is 5.75 Å². The first-order valence-corrected chi connectivity index (χ1v) is 10.5. The minimum Gasteiger partial charge on any atom is -0.492 e. The van der Waals surface area contributed by atoms with Gasteiger partial charge in [-0.25, -0.2) is 13.1 Å². The molecule has 2 aromatic carbocycles. The summed E-state index contributed by atoms with van der Waals surface area (Å²) in [6, 6.07) is 11.9. The fourth-order valence-electron chi connectivity index (χ4n) is 2.48. The molecule has 0 aromatic heterocycles. The molecule has 28 heavy (non-hydrogen) atoms. The highest BCUT2D eigenvalue weighted by molar-refractivity contribution is 7.89. The molecule has 0 spiro atoms. The number of carbonyl (C=O) groups excluding carboxylic acids is 1. The van der Waals surface area contributed by atoms with Gasteiger partial charge in [0, 0.05) is 17.3 Å². The van der Waals surface area contributed by atoms with Gasteiger partial charge in [-0.1, -0.05) is 23.7 Å². The third-order valence-corrected chi connectivity index (χ3v) is 5.77. The average molecular weight is 426 g/mol. The molecule has 0 fully saturated rings. The van der Waals surface area contributed by atoms with Gasteiger partial charge in [0.15, 0.2) is 0 Å². The predicted octanol–water partition coefficient (Wildman–Crippen LogP) is 2.51. The number of aryl methyl sites for hydroxylation is 1. The van der Waals surface area contributed by atoms with Crippen molar-refractivity contribution in [1.29, 1.82) is 0 Å². The number of hydrogen-bond acceptors (Lipinski definition) is 5. The number of nitrogens with zero attached hydrogens (tertiary/aromatic N) is 1. The van der Waals surface area contributed by atoms with E-state index in [4.69, 9.17) is 16.3 Å². The van der Waals surface area contributed by atoms with Gasteiger partial charge >= 0.3 is 0 Å². The van der Waals surface area contributed by atoms with E-state index in [2.05, 4.69) is 10.0 Å². The topological polar surface area (TPSA) is 87.7 Å². The van der Waals surface area contributed by atoms with Crippen molar-refractivity contribution in [2.75, 3.05) is 39.1 Å². The average Bonchev–Trinajstić information content (AvgIpc) is 2.63. The first kappa shape index (κ1) is 22.2. The van der Waals surface area contributed by atoms with Gasteiger partial charge in [0.25, 0.3) is 0 Å². The SMILES string of the molecule is CNS(=O)(=O)c1cc(NC(=O)CN(C)CCOc2cccc(Cl)c2)ccc1C. The molecule has 152 valence electrons. The molecular formula is C19H24ClN3O4S. The van der Waals surface area contributed by atoms with Crippen LogP contribution in [0.15, 0.2) is 47.4 Å². The van der Waals surface area contributed by atoms with E-state index in [-0.39, 0.29) is 17.3 Å². The van der Waals surface area contributed by atoms with Gasteiger partial charge in [-0.05, 0) is 56.9 Å². The maximum Gasteiger partial charge on any atom is 0.240 e. The number of likely N-dealkylation sites (N-methyl/N-ethyl adjacent to an activating group) is 1. The van der Waals surface area contributed by atoms with Crippen LogP contribution in [0.1, 0.15) is 5.56 Å². The Morgan fingerprint density at radius 2 is 1.96 bits per heavy atom. The van der Waals surface area contributed by atoms with Crippen LogP contribution in [0.5, 0.6) is 5.75 Å². The smallest absolute Gasteiger partial charge is 0.240 e. The Labute approximate surface area is 170 Å². The molecule has 2 aromatic rings. The van der Waals surface area contributed by atoms with Crippen LogP contribution < -0.4 is 14.8 Å². The number of nitrogens with one attached hydrogen (secondary N) is 2. The van der Waals surface area contributed by atoms with Gasteiger partial charge in [0.1, 0.15) is 12.4 Å². The summed E-state index contributed by atoms with van der Waals surface area (Å²) in [6.45, 7) is 2.77. The van der Waals surface area contributed by atoms with Crippen molar-refractivity contribution in [1.82, 2.24) is 9.62 Å². The van der Waals surface area contributed by atoms with Gasteiger partial charge in [-0.3, -0.25) is 9.69 Å². The van der Waals surface area contributed by atoms with Gasteiger partial charge in [0.05, 0.1) is 11.4 Å². The minimum atomic E-state index is -3.59. The van der Waals surface area contributed by atoms with E-state index in [1.807, 2.05) is 6.07 Å². The van der Waals surface area contributed by atoms with Crippen molar-refractivity contribution in [3.63, 3.8) is 0 Å². The lowest BCUT2D eigenvalue weighted by atomic mass is 10.2. The third-order valence-electron chi connectivity index (χ3n) is 3.98. The highest BCUT2D eigenvalue weighted by Gasteiger charge is 2.16. The number of hydrogen-bond donors (Lipinski definition) is 2. The lowest BCUT2D eigenvalue weighted by Crippen LogP contribution is -2.33. The number of rotatable bonds is 9.